The summed E-state index contributed by atoms with van der Waals surface area (Å²) in [6.07, 6.45) is 3.77. The molecule has 3 nitrogen and oxygen atoms in total. The highest BCUT2D eigenvalue weighted by molar-refractivity contribution is 7.98. The molecular formula is C12H15N3S. The third-order valence-corrected chi connectivity index (χ3v) is 3.63. The molecule has 0 amide bonds. The van der Waals surface area contributed by atoms with Gasteiger partial charge in [-0.15, -0.1) is 11.8 Å². The number of para-hydroxylation sites is 1. The predicted octanol–water partition coefficient (Wildman–Crippen LogP) is 2.60. The molecule has 1 heterocycles. The molecule has 0 saturated heterocycles. The molecule has 0 spiro atoms. The van der Waals surface area contributed by atoms with Gasteiger partial charge in [-0.05, 0) is 18.6 Å². The molecular weight excluding hydrogens is 218 g/mol. The van der Waals surface area contributed by atoms with Crippen LogP contribution in [-0.2, 0) is 12.8 Å². The molecule has 0 fully saturated rings. The van der Waals surface area contributed by atoms with Crippen LogP contribution < -0.4 is 5.73 Å². The first kappa shape index (κ1) is 11.1. The molecule has 1 aromatic carbocycles. The Morgan fingerprint density at radius 3 is 2.94 bits per heavy atom. The van der Waals surface area contributed by atoms with Crippen LogP contribution in [0.4, 0.5) is 5.69 Å². The number of hydrogen-bond acceptors (Lipinski definition) is 3. The fraction of sp³-hybridized carbons (Fsp3) is 0.250. The van der Waals surface area contributed by atoms with Gasteiger partial charge < -0.3 is 10.3 Å². The average Bonchev–Trinajstić information content (AvgIpc) is 2.67. The largest absolute Gasteiger partial charge is 0.398 e. The second-order valence-electron chi connectivity index (χ2n) is 3.73. The Labute approximate surface area is 99.7 Å². The van der Waals surface area contributed by atoms with E-state index in [1.165, 1.54) is 0 Å². The first-order valence-electron chi connectivity index (χ1n) is 5.12. The van der Waals surface area contributed by atoms with Crippen molar-refractivity contribution in [1.29, 1.82) is 0 Å². The zero-order valence-corrected chi connectivity index (χ0v) is 10.3. The number of benzene rings is 1. The molecule has 2 rings (SSSR count). The minimum absolute atomic E-state index is 0.844. The summed E-state index contributed by atoms with van der Waals surface area (Å²) >= 11 is 1.72. The number of nitrogens with zero attached hydrogens (tertiary/aromatic N) is 2. The molecule has 0 bridgehead atoms. The lowest BCUT2D eigenvalue weighted by molar-refractivity contribution is 0.849. The van der Waals surface area contributed by atoms with Gasteiger partial charge in [0.25, 0.3) is 0 Å². The van der Waals surface area contributed by atoms with Gasteiger partial charge in [0.15, 0.2) is 0 Å². The highest BCUT2D eigenvalue weighted by Crippen LogP contribution is 2.29. The Hall–Kier alpha value is -1.42. The van der Waals surface area contributed by atoms with E-state index in [4.69, 9.17) is 5.73 Å². The van der Waals surface area contributed by atoms with Gasteiger partial charge in [-0.25, -0.2) is 4.98 Å². The second kappa shape index (κ2) is 4.61. The Morgan fingerprint density at radius 2 is 2.25 bits per heavy atom. The fourth-order valence-corrected chi connectivity index (χ4v) is 2.51. The number of anilines is 1. The highest BCUT2D eigenvalue weighted by atomic mass is 32.2. The maximum absolute atomic E-state index is 6.01. The van der Waals surface area contributed by atoms with E-state index in [9.17, 15) is 0 Å². The molecule has 0 aliphatic heterocycles. The van der Waals surface area contributed by atoms with Crippen molar-refractivity contribution in [2.75, 3.05) is 5.73 Å². The van der Waals surface area contributed by atoms with Crippen LogP contribution in [0.5, 0.6) is 0 Å². The maximum Gasteiger partial charge on any atom is 0.118 e. The minimum atomic E-state index is 0.844. The van der Waals surface area contributed by atoms with E-state index in [2.05, 4.69) is 11.1 Å². The first-order chi connectivity index (χ1) is 7.68. The molecule has 2 aromatic rings. The standard InChI is InChI=1S/C12H15N3S/c1-9-4-3-5-10(12(9)13)16-8-11-14-6-7-15(11)2/h3-7H,8,13H2,1-2H3. The van der Waals surface area contributed by atoms with Gasteiger partial charge in [-0.3, -0.25) is 0 Å². The molecule has 84 valence electrons. The van der Waals surface area contributed by atoms with Crippen molar-refractivity contribution in [3.05, 3.63) is 42.0 Å². The van der Waals surface area contributed by atoms with Crippen molar-refractivity contribution in [3.63, 3.8) is 0 Å². The molecule has 4 heteroatoms. The number of rotatable bonds is 3. The van der Waals surface area contributed by atoms with E-state index in [1.54, 1.807) is 11.8 Å². The quantitative estimate of drug-likeness (QED) is 0.654. The number of aryl methyl sites for hydroxylation is 2. The fourth-order valence-electron chi connectivity index (χ4n) is 1.46. The minimum Gasteiger partial charge on any atom is -0.398 e. The van der Waals surface area contributed by atoms with Crippen LogP contribution in [0.2, 0.25) is 0 Å². The van der Waals surface area contributed by atoms with Crippen molar-refractivity contribution < 1.29 is 0 Å². The van der Waals surface area contributed by atoms with Crippen molar-refractivity contribution >= 4 is 17.4 Å². The Bertz CT molecular complexity index is 491. The summed E-state index contributed by atoms with van der Waals surface area (Å²) in [5.41, 5.74) is 8.02. The van der Waals surface area contributed by atoms with E-state index >= 15 is 0 Å². The number of nitrogen functional groups attached to an aromatic ring is 1. The summed E-state index contributed by atoms with van der Waals surface area (Å²) in [5.74, 6) is 1.91. The molecule has 0 aliphatic carbocycles. The van der Waals surface area contributed by atoms with Crippen molar-refractivity contribution in [3.8, 4) is 0 Å². The smallest absolute Gasteiger partial charge is 0.118 e. The summed E-state index contributed by atoms with van der Waals surface area (Å²) in [6.45, 7) is 2.03. The van der Waals surface area contributed by atoms with Gasteiger partial charge in [0, 0.05) is 30.0 Å². The first-order valence-corrected chi connectivity index (χ1v) is 6.11. The van der Waals surface area contributed by atoms with E-state index < -0.39 is 0 Å². The van der Waals surface area contributed by atoms with Crippen molar-refractivity contribution in [2.45, 2.75) is 17.6 Å². The molecule has 0 unspecified atom stereocenters. The number of nitrogens with two attached hydrogens (primary N) is 1. The summed E-state index contributed by atoms with van der Waals surface area (Å²) in [7, 11) is 2.00. The van der Waals surface area contributed by atoms with Gasteiger partial charge in [0.05, 0.1) is 5.75 Å². The Morgan fingerprint density at radius 1 is 1.44 bits per heavy atom. The van der Waals surface area contributed by atoms with Crippen LogP contribution in [0, 0.1) is 6.92 Å². The van der Waals surface area contributed by atoms with Crippen LogP contribution in [0.1, 0.15) is 11.4 Å². The molecule has 1 aromatic heterocycles. The summed E-state index contributed by atoms with van der Waals surface area (Å²) in [4.78, 5) is 5.41. The average molecular weight is 233 g/mol. The zero-order chi connectivity index (χ0) is 11.5. The van der Waals surface area contributed by atoms with Crippen LogP contribution in [-0.4, -0.2) is 9.55 Å². The van der Waals surface area contributed by atoms with E-state index in [0.717, 1.165) is 27.7 Å². The van der Waals surface area contributed by atoms with Crippen molar-refractivity contribution in [1.82, 2.24) is 9.55 Å². The van der Waals surface area contributed by atoms with E-state index in [1.807, 2.05) is 43.1 Å². The molecule has 16 heavy (non-hydrogen) atoms. The monoisotopic (exact) mass is 233 g/mol. The molecule has 0 radical (unpaired) electrons. The van der Waals surface area contributed by atoms with Crippen LogP contribution in [0.15, 0.2) is 35.5 Å². The number of thioether (sulfide) groups is 1. The van der Waals surface area contributed by atoms with Gasteiger partial charge in [-0.1, -0.05) is 12.1 Å². The molecule has 0 saturated carbocycles. The number of aromatic nitrogens is 2. The zero-order valence-electron chi connectivity index (χ0n) is 9.47. The highest BCUT2D eigenvalue weighted by Gasteiger charge is 2.04. The van der Waals surface area contributed by atoms with Gasteiger partial charge in [0.1, 0.15) is 5.82 Å². The van der Waals surface area contributed by atoms with Gasteiger partial charge in [-0.2, -0.15) is 0 Å². The second-order valence-corrected chi connectivity index (χ2v) is 4.75. The van der Waals surface area contributed by atoms with E-state index in [0.29, 0.717) is 0 Å². The Balaban J connectivity index is 2.11. The Kier molecular flexibility index (Phi) is 3.19. The lowest BCUT2D eigenvalue weighted by atomic mass is 10.2. The van der Waals surface area contributed by atoms with Crippen LogP contribution in [0.3, 0.4) is 0 Å². The van der Waals surface area contributed by atoms with Crippen LogP contribution >= 0.6 is 11.8 Å². The maximum atomic E-state index is 6.01. The summed E-state index contributed by atoms with van der Waals surface area (Å²) in [6, 6.07) is 6.11. The molecule has 2 N–H and O–H groups in total. The molecule has 0 atom stereocenters. The van der Waals surface area contributed by atoms with E-state index in [-0.39, 0.29) is 0 Å². The van der Waals surface area contributed by atoms with Crippen molar-refractivity contribution in [2.24, 2.45) is 7.05 Å². The SMILES string of the molecule is Cc1cccc(SCc2nccn2C)c1N. The normalized spacial score (nSPS) is 10.6. The third-order valence-electron chi connectivity index (χ3n) is 2.56. The predicted molar refractivity (Wildman–Crippen MR) is 68.4 cm³/mol. The van der Waals surface area contributed by atoms with Gasteiger partial charge in [0.2, 0.25) is 0 Å². The third kappa shape index (κ3) is 2.22. The lowest BCUT2D eigenvalue weighted by Gasteiger charge is -2.07. The lowest BCUT2D eigenvalue weighted by Crippen LogP contribution is -1.96. The number of imidazole rings is 1. The summed E-state index contributed by atoms with van der Waals surface area (Å²) < 4.78 is 2.03. The topological polar surface area (TPSA) is 43.8 Å². The molecule has 0 aliphatic rings. The van der Waals surface area contributed by atoms with Gasteiger partial charge >= 0.3 is 0 Å². The summed E-state index contributed by atoms with van der Waals surface area (Å²) in [5, 5.41) is 0. The van der Waals surface area contributed by atoms with Crippen LogP contribution in [0.25, 0.3) is 0 Å². The number of hydrogen-bond donors (Lipinski definition) is 1.